The standard InChI is InChI=1S/C16H24N4O2/c1-19(2)14-5-3-4-12(10-14)16(22)18-13-6-8-20(9-7-13)11-15(17)21/h3-5,10,13H,6-9,11H2,1-2H3,(H2,17,21)(H,18,22). The summed E-state index contributed by atoms with van der Waals surface area (Å²) in [6.45, 7) is 1.86. The molecule has 1 aromatic rings. The van der Waals surface area contributed by atoms with E-state index >= 15 is 0 Å². The summed E-state index contributed by atoms with van der Waals surface area (Å²) >= 11 is 0. The van der Waals surface area contributed by atoms with Crippen molar-refractivity contribution in [2.24, 2.45) is 5.73 Å². The molecule has 0 radical (unpaired) electrons. The molecule has 1 aromatic carbocycles. The van der Waals surface area contributed by atoms with Gasteiger partial charge in [-0.2, -0.15) is 0 Å². The number of carbonyl (C=O) groups excluding carboxylic acids is 2. The number of likely N-dealkylation sites (tertiary alicyclic amines) is 1. The molecule has 0 saturated carbocycles. The first kappa shape index (κ1) is 16.3. The first-order valence-corrected chi connectivity index (χ1v) is 7.54. The van der Waals surface area contributed by atoms with Crippen LogP contribution in [0, 0.1) is 0 Å². The number of hydrogen-bond acceptors (Lipinski definition) is 4. The number of benzene rings is 1. The van der Waals surface area contributed by atoms with Gasteiger partial charge in [-0.15, -0.1) is 0 Å². The van der Waals surface area contributed by atoms with Gasteiger partial charge in [0, 0.05) is 44.5 Å². The van der Waals surface area contributed by atoms with E-state index in [2.05, 4.69) is 5.32 Å². The molecule has 0 spiro atoms. The van der Waals surface area contributed by atoms with Gasteiger partial charge in [-0.3, -0.25) is 14.5 Å². The van der Waals surface area contributed by atoms with Gasteiger partial charge in [0.05, 0.1) is 6.54 Å². The van der Waals surface area contributed by atoms with Crippen molar-refractivity contribution in [3.63, 3.8) is 0 Å². The Bertz CT molecular complexity index is 537. The normalized spacial score (nSPS) is 16.3. The van der Waals surface area contributed by atoms with Crippen LogP contribution in [0.3, 0.4) is 0 Å². The van der Waals surface area contributed by atoms with Gasteiger partial charge < -0.3 is 16.0 Å². The van der Waals surface area contributed by atoms with Crippen LogP contribution < -0.4 is 16.0 Å². The molecule has 120 valence electrons. The average molecular weight is 304 g/mol. The Labute approximate surface area is 131 Å². The zero-order valence-electron chi connectivity index (χ0n) is 13.2. The molecule has 0 aliphatic carbocycles. The summed E-state index contributed by atoms with van der Waals surface area (Å²) in [4.78, 5) is 27.2. The maximum absolute atomic E-state index is 12.3. The summed E-state index contributed by atoms with van der Waals surface area (Å²) in [7, 11) is 3.90. The van der Waals surface area contributed by atoms with Crippen molar-refractivity contribution < 1.29 is 9.59 Å². The van der Waals surface area contributed by atoms with Crippen LogP contribution in [-0.2, 0) is 4.79 Å². The quantitative estimate of drug-likeness (QED) is 0.827. The Balaban J connectivity index is 1.88. The number of anilines is 1. The van der Waals surface area contributed by atoms with E-state index in [0.29, 0.717) is 12.1 Å². The number of carbonyl (C=O) groups is 2. The number of piperidine rings is 1. The summed E-state index contributed by atoms with van der Waals surface area (Å²) in [6, 6.07) is 7.72. The highest BCUT2D eigenvalue weighted by atomic mass is 16.2. The lowest BCUT2D eigenvalue weighted by Crippen LogP contribution is -2.46. The van der Waals surface area contributed by atoms with Crippen LogP contribution in [0.25, 0.3) is 0 Å². The van der Waals surface area contributed by atoms with E-state index < -0.39 is 0 Å². The molecule has 0 unspecified atom stereocenters. The average Bonchev–Trinajstić information content (AvgIpc) is 2.49. The minimum absolute atomic E-state index is 0.0444. The van der Waals surface area contributed by atoms with Crippen molar-refractivity contribution in [2.75, 3.05) is 38.6 Å². The number of amides is 2. The number of nitrogens with two attached hydrogens (primary N) is 1. The lowest BCUT2D eigenvalue weighted by atomic mass is 10.0. The molecule has 0 atom stereocenters. The number of hydrogen-bond donors (Lipinski definition) is 2. The molecule has 1 aliphatic rings. The van der Waals surface area contributed by atoms with Crippen molar-refractivity contribution in [2.45, 2.75) is 18.9 Å². The third-order valence-corrected chi connectivity index (χ3v) is 3.93. The monoisotopic (exact) mass is 304 g/mol. The Morgan fingerprint density at radius 3 is 2.59 bits per heavy atom. The highest BCUT2D eigenvalue weighted by molar-refractivity contribution is 5.95. The lowest BCUT2D eigenvalue weighted by molar-refractivity contribution is -0.119. The fraction of sp³-hybridized carbons (Fsp3) is 0.500. The van der Waals surface area contributed by atoms with Crippen LogP contribution in [-0.4, -0.2) is 56.5 Å². The second-order valence-electron chi connectivity index (χ2n) is 5.93. The fourth-order valence-electron chi connectivity index (χ4n) is 2.65. The number of primary amides is 1. The van der Waals surface area contributed by atoms with E-state index in [1.54, 1.807) is 0 Å². The molecule has 22 heavy (non-hydrogen) atoms. The topological polar surface area (TPSA) is 78.7 Å². The van der Waals surface area contributed by atoms with E-state index in [1.165, 1.54) is 0 Å². The molecule has 0 aromatic heterocycles. The van der Waals surface area contributed by atoms with Crippen LogP contribution in [0.5, 0.6) is 0 Å². The Kier molecular flexibility index (Phi) is 5.38. The fourth-order valence-corrected chi connectivity index (χ4v) is 2.65. The van der Waals surface area contributed by atoms with Gasteiger partial charge in [0.15, 0.2) is 0 Å². The van der Waals surface area contributed by atoms with Crippen LogP contribution >= 0.6 is 0 Å². The van der Waals surface area contributed by atoms with E-state index in [-0.39, 0.29) is 17.9 Å². The van der Waals surface area contributed by atoms with Crippen molar-refractivity contribution in [3.05, 3.63) is 29.8 Å². The lowest BCUT2D eigenvalue weighted by Gasteiger charge is -2.31. The molecule has 1 heterocycles. The molecule has 1 fully saturated rings. The zero-order chi connectivity index (χ0) is 16.1. The van der Waals surface area contributed by atoms with Gasteiger partial charge in [0.1, 0.15) is 0 Å². The third kappa shape index (κ3) is 4.46. The van der Waals surface area contributed by atoms with Gasteiger partial charge in [-0.05, 0) is 31.0 Å². The number of rotatable bonds is 5. The Morgan fingerprint density at radius 1 is 1.32 bits per heavy atom. The molecule has 6 nitrogen and oxygen atoms in total. The largest absolute Gasteiger partial charge is 0.378 e. The second kappa shape index (κ2) is 7.26. The second-order valence-corrected chi connectivity index (χ2v) is 5.93. The predicted molar refractivity (Wildman–Crippen MR) is 86.9 cm³/mol. The van der Waals surface area contributed by atoms with Gasteiger partial charge in [-0.1, -0.05) is 6.07 Å². The Hall–Kier alpha value is -2.08. The maximum atomic E-state index is 12.3. The minimum atomic E-state index is -0.303. The highest BCUT2D eigenvalue weighted by Gasteiger charge is 2.21. The van der Waals surface area contributed by atoms with E-state index in [4.69, 9.17) is 5.73 Å². The smallest absolute Gasteiger partial charge is 0.251 e. The molecule has 1 saturated heterocycles. The molecule has 6 heteroatoms. The number of nitrogens with one attached hydrogen (secondary N) is 1. The van der Waals surface area contributed by atoms with E-state index in [0.717, 1.165) is 31.6 Å². The van der Waals surface area contributed by atoms with Crippen molar-refractivity contribution in [1.29, 1.82) is 0 Å². The van der Waals surface area contributed by atoms with Crippen LogP contribution in [0.4, 0.5) is 5.69 Å². The molecule has 2 rings (SSSR count). The molecule has 2 amide bonds. The summed E-state index contributed by atoms with van der Waals surface area (Å²) in [5.74, 6) is -0.347. The first-order chi connectivity index (χ1) is 10.5. The summed E-state index contributed by atoms with van der Waals surface area (Å²) in [5.41, 5.74) is 6.87. The van der Waals surface area contributed by atoms with E-state index in [1.807, 2.05) is 48.2 Å². The van der Waals surface area contributed by atoms with Crippen molar-refractivity contribution in [3.8, 4) is 0 Å². The minimum Gasteiger partial charge on any atom is -0.378 e. The highest BCUT2D eigenvalue weighted by Crippen LogP contribution is 2.15. The summed E-state index contributed by atoms with van der Waals surface area (Å²) < 4.78 is 0. The molecular formula is C16H24N4O2. The van der Waals surface area contributed by atoms with Crippen LogP contribution in [0.15, 0.2) is 24.3 Å². The van der Waals surface area contributed by atoms with Gasteiger partial charge in [-0.25, -0.2) is 0 Å². The summed E-state index contributed by atoms with van der Waals surface area (Å²) in [6.07, 6.45) is 1.68. The first-order valence-electron chi connectivity index (χ1n) is 7.54. The van der Waals surface area contributed by atoms with Crippen molar-refractivity contribution >= 4 is 17.5 Å². The van der Waals surface area contributed by atoms with E-state index in [9.17, 15) is 9.59 Å². The van der Waals surface area contributed by atoms with Crippen LogP contribution in [0.1, 0.15) is 23.2 Å². The Morgan fingerprint density at radius 2 is 2.00 bits per heavy atom. The molecular weight excluding hydrogens is 280 g/mol. The molecule has 3 N–H and O–H groups in total. The van der Waals surface area contributed by atoms with Gasteiger partial charge in [0.25, 0.3) is 5.91 Å². The van der Waals surface area contributed by atoms with Crippen LogP contribution in [0.2, 0.25) is 0 Å². The van der Waals surface area contributed by atoms with Gasteiger partial charge >= 0.3 is 0 Å². The summed E-state index contributed by atoms with van der Waals surface area (Å²) in [5, 5.41) is 3.07. The SMILES string of the molecule is CN(C)c1cccc(C(=O)NC2CCN(CC(N)=O)CC2)c1. The molecule has 1 aliphatic heterocycles. The molecule has 0 bridgehead atoms. The third-order valence-electron chi connectivity index (χ3n) is 3.93. The predicted octanol–water partition coefficient (Wildman–Crippen LogP) is 0.432. The van der Waals surface area contributed by atoms with Crippen molar-refractivity contribution in [1.82, 2.24) is 10.2 Å². The zero-order valence-corrected chi connectivity index (χ0v) is 13.2. The maximum Gasteiger partial charge on any atom is 0.251 e. The number of nitrogens with zero attached hydrogens (tertiary/aromatic N) is 2. The van der Waals surface area contributed by atoms with Gasteiger partial charge in [0.2, 0.25) is 5.91 Å².